The summed E-state index contributed by atoms with van der Waals surface area (Å²) in [4.78, 5) is 23.1. The molecule has 7 nitrogen and oxygen atoms in total. The third-order valence-electron chi connectivity index (χ3n) is 3.71. The van der Waals surface area contributed by atoms with Gasteiger partial charge in [0.15, 0.2) is 11.9 Å². The van der Waals surface area contributed by atoms with Crippen LogP contribution in [0.1, 0.15) is 24.2 Å². The van der Waals surface area contributed by atoms with Crippen LogP contribution in [0, 0.1) is 0 Å². The molecule has 1 aliphatic heterocycles. The first-order valence-electron chi connectivity index (χ1n) is 7.52. The second-order valence-corrected chi connectivity index (χ2v) is 7.33. The number of amides is 1. The summed E-state index contributed by atoms with van der Waals surface area (Å²) in [6.07, 6.45) is -0.607. The second-order valence-electron chi connectivity index (χ2n) is 5.65. The summed E-state index contributed by atoms with van der Waals surface area (Å²) in [7, 11) is -3.88. The minimum atomic E-state index is -3.88. The number of ether oxygens (including phenoxy) is 1. The van der Waals surface area contributed by atoms with Gasteiger partial charge in [0.2, 0.25) is 0 Å². The molecule has 2 aromatic carbocycles. The lowest BCUT2D eigenvalue weighted by molar-refractivity contribution is -0.122. The fourth-order valence-corrected chi connectivity index (χ4v) is 3.46. The van der Waals surface area contributed by atoms with Crippen molar-refractivity contribution in [3.8, 4) is 5.75 Å². The number of Topliss-reactive ketones (excluding diaryl/α,β-unsaturated/α-hetero) is 1. The Morgan fingerprint density at radius 2 is 1.96 bits per heavy atom. The Labute approximate surface area is 145 Å². The highest BCUT2D eigenvalue weighted by Gasteiger charge is 2.24. The van der Waals surface area contributed by atoms with E-state index in [9.17, 15) is 18.0 Å². The largest absolute Gasteiger partial charge is 0.479 e. The molecule has 0 unspecified atom stereocenters. The van der Waals surface area contributed by atoms with Crippen molar-refractivity contribution in [3.05, 3.63) is 48.0 Å². The van der Waals surface area contributed by atoms with Gasteiger partial charge in [-0.3, -0.25) is 14.3 Å². The van der Waals surface area contributed by atoms with E-state index in [1.165, 1.54) is 37.3 Å². The number of hydrogen-bond acceptors (Lipinski definition) is 5. The molecule has 1 amide bonds. The fraction of sp³-hybridized carbons (Fsp3) is 0.176. The SMILES string of the molecule is CC(=O)c1cccc(S(=O)(=O)Nc2ccc3c(c2)NC(=O)[C@@H](C)O3)c1. The van der Waals surface area contributed by atoms with Gasteiger partial charge in [-0.05, 0) is 44.2 Å². The highest BCUT2D eigenvalue weighted by molar-refractivity contribution is 7.92. The first-order valence-corrected chi connectivity index (χ1v) is 9.00. The average molecular weight is 360 g/mol. The number of carbonyl (C=O) groups excluding carboxylic acids is 2. The zero-order chi connectivity index (χ0) is 18.2. The lowest BCUT2D eigenvalue weighted by Crippen LogP contribution is -2.34. The van der Waals surface area contributed by atoms with Crippen molar-refractivity contribution in [3.63, 3.8) is 0 Å². The molecule has 0 saturated carbocycles. The third-order valence-corrected chi connectivity index (χ3v) is 5.09. The Bertz CT molecular complexity index is 969. The molecule has 0 bridgehead atoms. The van der Waals surface area contributed by atoms with Gasteiger partial charge in [0.05, 0.1) is 16.3 Å². The van der Waals surface area contributed by atoms with Crippen LogP contribution in [0.4, 0.5) is 11.4 Å². The van der Waals surface area contributed by atoms with E-state index >= 15 is 0 Å². The van der Waals surface area contributed by atoms with Crippen molar-refractivity contribution in [2.75, 3.05) is 10.0 Å². The molecule has 130 valence electrons. The molecule has 3 rings (SSSR count). The zero-order valence-corrected chi connectivity index (χ0v) is 14.4. The number of carbonyl (C=O) groups is 2. The summed E-state index contributed by atoms with van der Waals surface area (Å²) in [6.45, 7) is 2.99. The van der Waals surface area contributed by atoms with Gasteiger partial charge in [-0.1, -0.05) is 12.1 Å². The van der Waals surface area contributed by atoms with Gasteiger partial charge in [-0.15, -0.1) is 0 Å². The maximum absolute atomic E-state index is 12.5. The maximum Gasteiger partial charge on any atom is 0.265 e. The topological polar surface area (TPSA) is 102 Å². The van der Waals surface area contributed by atoms with E-state index in [2.05, 4.69) is 10.0 Å². The van der Waals surface area contributed by atoms with E-state index < -0.39 is 16.1 Å². The molecular formula is C17H16N2O5S. The predicted octanol–water partition coefficient (Wildman–Crippen LogP) is 2.41. The van der Waals surface area contributed by atoms with Crippen molar-refractivity contribution in [1.82, 2.24) is 0 Å². The van der Waals surface area contributed by atoms with E-state index in [0.29, 0.717) is 17.0 Å². The monoisotopic (exact) mass is 360 g/mol. The smallest absolute Gasteiger partial charge is 0.265 e. The van der Waals surface area contributed by atoms with Crippen LogP contribution in [-0.4, -0.2) is 26.2 Å². The number of hydrogen-bond donors (Lipinski definition) is 2. The minimum absolute atomic E-state index is 0.0215. The molecule has 2 N–H and O–H groups in total. The molecular weight excluding hydrogens is 344 g/mol. The molecule has 0 aliphatic carbocycles. The van der Waals surface area contributed by atoms with Crippen LogP contribution < -0.4 is 14.8 Å². The minimum Gasteiger partial charge on any atom is -0.479 e. The normalized spacial score (nSPS) is 16.4. The number of nitrogens with one attached hydrogen (secondary N) is 2. The van der Waals surface area contributed by atoms with Gasteiger partial charge in [0.1, 0.15) is 5.75 Å². The quantitative estimate of drug-likeness (QED) is 0.815. The summed E-state index contributed by atoms with van der Waals surface area (Å²) in [6, 6.07) is 10.4. The lowest BCUT2D eigenvalue weighted by Gasteiger charge is -2.23. The Morgan fingerprint density at radius 1 is 1.20 bits per heavy atom. The van der Waals surface area contributed by atoms with E-state index in [-0.39, 0.29) is 22.3 Å². The molecule has 0 aromatic heterocycles. The van der Waals surface area contributed by atoms with Gasteiger partial charge in [0.25, 0.3) is 15.9 Å². The Hall–Kier alpha value is -2.87. The van der Waals surface area contributed by atoms with Crippen LogP contribution >= 0.6 is 0 Å². The number of ketones is 1. The van der Waals surface area contributed by atoms with Gasteiger partial charge in [0, 0.05) is 5.56 Å². The highest BCUT2D eigenvalue weighted by Crippen LogP contribution is 2.32. The summed E-state index contributed by atoms with van der Waals surface area (Å²) < 4.78 is 32.9. The standard InChI is InChI=1S/C17H16N2O5S/c1-10(20)12-4-3-5-14(8-12)25(22,23)19-13-6-7-16-15(9-13)18-17(21)11(2)24-16/h3-9,11,19H,1-2H3,(H,18,21)/t11-/m1/s1. The molecule has 25 heavy (non-hydrogen) atoms. The van der Waals surface area contributed by atoms with Crippen LogP contribution in [0.3, 0.4) is 0 Å². The number of benzene rings is 2. The third kappa shape index (κ3) is 3.48. The van der Waals surface area contributed by atoms with E-state index in [0.717, 1.165) is 0 Å². The van der Waals surface area contributed by atoms with Crippen molar-refractivity contribution in [2.45, 2.75) is 24.8 Å². The Balaban J connectivity index is 1.89. The predicted molar refractivity (Wildman–Crippen MR) is 92.4 cm³/mol. The van der Waals surface area contributed by atoms with Crippen molar-refractivity contribution < 1.29 is 22.7 Å². The van der Waals surface area contributed by atoms with Crippen molar-refractivity contribution >= 4 is 33.1 Å². The first kappa shape index (κ1) is 17.0. The molecule has 2 aromatic rings. The number of rotatable bonds is 4. The molecule has 1 atom stereocenters. The summed E-state index contributed by atoms with van der Waals surface area (Å²) in [5.74, 6) is -0.0601. The molecule has 1 heterocycles. The number of sulfonamides is 1. The van der Waals surface area contributed by atoms with E-state index in [1.54, 1.807) is 19.1 Å². The summed E-state index contributed by atoms with van der Waals surface area (Å²) in [5, 5.41) is 2.66. The van der Waals surface area contributed by atoms with Crippen LogP contribution in [0.25, 0.3) is 0 Å². The van der Waals surface area contributed by atoms with Crippen molar-refractivity contribution in [1.29, 1.82) is 0 Å². The molecule has 0 spiro atoms. The Kier molecular flexibility index (Phi) is 4.22. The number of anilines is 2. The molecule has 0 saturated heterocycles. The highest BCUT2D eigenvalue weighted by atomic mass is 32.2. The van der Waals surface area contributed by atoms with Crippen LogP contribution in [0.5, 0.6) is 5.75 Å². The summed E-state index contributed by atoms with van der Waals surface area (Å²) >= 11 is 0. The molecule has 8 heteroatoms. The van der Waals surface area contributed by atoms with Gasteiger partial charge < -0.3 is 10.1 Å². The van der Waals surface area contributed by atoms with E-state index in [4.69, 9.17) is 4.74 Å². The van der Waals surface area contributed by atoms with Crippen molar-refractivity contribution in [2.24, 2.45) is 0 Å². The Morgan fingerprint density at radius 3 is 2.68 bits per heavy atom. The summed E-state index contributed by atoms with van der Waals surface area (Å²) in [5.41, 5.74) is 0.967. The van der Waals surface area contributed by atoms with Crippen LogP contribution in [-0.2, 0) is 14.8 Å². The molecule has 0 radical (unpaired) electrons. The van der Waals surface area contributed by atoms with Crippen LogP contribution in [0.2, 0.25) is 0 Å². The number of fused-ring (bicyclic) bond motifs is 1. The van der Waals surface area contributed by atoms with Gasteiger partial charge >= 0.3 is 0 Å². The maximum atomic E-state index is 12.5. The van der Waals surface area contributed by atoms with Crippen LogP contribution in [0.15, 0.2) is 47.4 Å². The average Bonchev–Trinajstić information content (AvgIpc) is 2.56. The van der Waals surface area contributed by atoms with Gasteiger partial charge in [-0.2, -0.15) is 0 Å². The van der Waals surface area contributed by atoms with Gasteiger partial charge in [-0.25, -0.2) is 8.42 Å². The zero-order valence-electron chi connectivity index (χ0n) is 13.6. The molecule has 1 aliphatic rings. The lowest BCUT2D eigenvalue weighted by atomic mass is 10.2. The fourth-order valence-electron chi connectivity index (χ4n) is 2.37. The first-order chi connectivity index (χ1) is 11.8. The molecule has 0 fully saturated rings. The second kappa shape index (κ2) is 6.21. The van der Waals surface area contributed by atoms with E-state index in [1.807, 2.05) is 0 Å².